The molecule has 0 amide bonds. The van der Waals surface area contributed by atoms with Crippen LogP contribution in [0, 0.1) is 0 Å². The molecule has 1 aromatic carbocycles. The van der Waals surface area contributed by atoms with E-state index in [-0.39, 0.29) is 0 Å². The monoisotopic (exact) mass is 266 g/mol. The first-order chi connectivity index (χ1) is 9.78. The number of methoxy groups -OCH3 is 1. The third-order valence-corrected chi connectivity index (χ3v) is 3.03. The summed E-state index contributed by atoms with van der Waals surface area (Å²) in [4.78, 5) is 8.44. The van der Waals surface area contributed by atoms with Crippen molar-refractivity contribution in [2.24, 2.45) is 0 Å². The normalized spacial score (nSPS) is 10.4. The van der Waals surface area contributed by atoms with E-state index in [4.69, 9.17) is 10.5 Å². The Labute approximate surface area is 116 Å². The fourth-order valence-corrected chi connectivity index (χ4v) is 2.05. The number of aromatic nitrogens is 2. The minimum atomic E-state index is 0.414. The second-order valence-electron chi connectivity index (χ2n) is 4.32. The molecule has 3 aromatic rings. The van der Waals surface area contributed by atoms with Gasteiger partial charge < -0.3 is 15.8 Å². The smallest absolute Gasteiger partial charge is 0.238 e. The van der Waals surface area contributed by atoms with E-state index < -0.39 is 0 Å². The van der Waals surface area contributed by atoms with Gasteiger partial charge in [-0.3, -0.25) is 4.98 Å². The molecule has 0 fully saturated rings. The molecule has 0 saturated carbocycles. The Morgan fingerprint density at radius 2 is 2.05 bits per heavy atom. The average Bonchev–Trinajstić information content (AvgIpc) is 2.49. The summed E-state index contributed by atoms with van der Waals surface area (Å²) in [7, 11) is 1.55. The van der Waals surface area contributed by atoms with Gasteiger partial charge in [0.15, 0.2) is 0 Å². The van der Waals surface area contributed by atoms with E-state index in [0.29, 0.717) is 17.4 Å². The van der Waals surface area contributed by atoms with Gasteiger partial charge in [-0.1, -0.05) is 12.1 Å². The van der Waals surface area contributed by atoms with E-state index >= 15 is 0 Å². The van der Waals surface area contributed by atoms with Crippen LogP contribution in [0.1, 0.15) is 0 Å². The molecule has 0 spiro atoms. The van der Waals surface area contributed by atoms with Gasteiger partial charge in [0.1, 0.15) is 5.82 Å². The van der Waals surface area contributed by atoms with E-state index in [2.05, 4.69) is 15.3 Å². The zero-order valence-electron chi connectivity index (χ0n) is 11.0. The lowest BCUT2D eigenvalue weighted by Gasteiger charge is -2.10. The second-order valence-corrected chi connectivity index (χ2v) is 4.32. The molecule has 2 aromatic heterocycles. The van der Waals surface area contributed by atoms with Gasteiger partial charge in [0, 0.05) is 28.9 Å². The molecule has 3 rings (SSSR count). The molecular formula is C15H14N4O. The number of rotatable bonds is 3. The van der Waals surface area contributed by atoms with Gasteiger partial charge in [0.25, 0.3) is 0 Å². The highest BCUT2D eigenvalue weighted by Gasteiger charge is 2.05. The number of nitrogen functional groups attached to an aromatic ring is 1. The highest BCUT2D eigenvalue weighted by molar-refractivity contribution is 5.94. The molecular weight excluding hydrogens is 252 g/mol. The molecule has 0 saturated heterocycles. The Bertz CT molecular complexity index is 752. The van der Waals surface area contributed by atoms with Gasteiger partial charge in [0.2, 0.25) is 5.88 Å². The quantitative estimate of drug-likeness (QED) is 0.762. The van der Waals surface area contributed by atoms with Crippen LogP contribution in [0.4, 0.5) is 17.2 Å². The Morgan fingerprint density at radius 3 is 2.90 bits per heavy atom. The van der Waals surface area contributed by atoms with Crippen LogP contribution in [0.15, 0.2) is 48.8 Å². The molecule has 0 bridgehead atoms. The number of benzene rings is 1. The summed E-state index contributed by atoms with van der Waals surface area (Å²) >= 11 is 0. The number of hydrogen-bond donors (Lipinski definition) is 2. The molecule has 5 nitrogen and oxygen atoms in total. The van der Waals surface area contributed by atoms with E-state index in [1.165, 1.54) is 0 Å². The fraction of sp³-hybridized carbons (Fsp3) is 0.0667. The Balaban J connectivity index is 2.01. The number of nitrogens with one attached hydrogen (secondary N) is 1. The van der Waals surface area contributed by atoms with Crippen molar-refractivity contribution in [2.45, 2.75) is 0 Å². The van der Waals surface area contributed by atoms with Crippen molar-refractivity contribution >= 4 is 28.0 Å². The molecule has 0 unspecified atom stereocenters. The Kier molecular flexibility index (Phi) is 3.09. The minimum absolute atomic E-state index is 0.414. The Hall–Kier alpha value is -2.82. The SMILES string of the molecule is COc1nc(Nc2cccc3cnccc23)ccc1N. The first-order valence-electron chi connectivity index (χ1n) is 6.18. The number of nitrogens with two attached hydrogens (primary N) is 1. The number of anilines is 3. The van der Waals surface area contributed by atoms with Crippen molar-refractivity contribution in [1.82, 2.24) is 9.97 Å². The van der Waals surface area contributed by atoms with Crippen LogP contribution in [0.3, 0.4) is 0 Å². The first-order valence-corrected chi connectivity index (χ1v) is 6.18. The Morgan fingerprint density at radius 1 is 1.15 bits per heavy atom. The summed E-state index contributed by atoms with van der Waals surface area (Å²) in [6.45, 7) is 0. The molecule has 0 radical (unpaired) electrons. The van der Waals surface area contributed by atoms with Gasteiger partial charge in [0.05, 0.1) is 12.8 Å². The maximum Gasteiger partial charge on any atom is 0.238 e. The highest BCUT2D eigenvalue weighted by Crippen LogP contribution is 2.27. The molecule has 0 atom stereocenters. The summed E-state index contributed by atoms with van der Waals surface area (Å²) in [6.07, 6.45) is 3.60. The van der Waals surface area contributed by atoms with Crippen LogP contribution in [0.2, 0.25) is 0 Å². The van der Waals surface area contributed by atoms with Gasteiger partial charge >= 0.3 is 0 Å². The first kappa shape index (κ1) is 12.2. The molecule has 3 N–H and O–H groups in total. The molecule has 5 heteroatoms. The molecule has 0 aliphatic heterocycles. The summed E-state index contributed by atoms with van der Waals surface area (Å²) < 4.78 is 5.12. The van der Waals surface area contributed by atoms with Crippen LogP contribution in [0.5, 0.6) is 5.88 Å². The van der Waals surface area contributed by atoms with Crippen molar-refractivity contribution < 1.29 is 4.74 Å². The van der Waals surface area contributed by atoms with Crippen LogP contribution >= 0.6 is 0 Å². The lowest BCUT2D eigenvalue weighted by atomic mass is 10.1. The molecule has 2 heterocycles. The average molecular weight is 266 g/mol. The summed E-state index contributed by atoms with van der Waals surface area (Å²) in [5.74, 6) is 1.09. The van der Waals surface area contributed by atoms with Crippen LogP contribution in [-0.2, 0) is 0 Å². The molecule has 0 aliphatic carbocycles. The third-order valence-electron chi connectivity index (χ3n) is 3.03. The zero-order chi connectivity index (χ0) is 13.9. The van der Waals surface area contributed by atoms with E-state index in [0.717, 1.165) is 16.5 Å². The second kappa shape index (κ2) is 5.05. The van der Waals surface area contributed by atoms with Crippen LogP contribution < -0.4 is 15.8 Å². The zero-order valence-corrected chi connectivity index (χ0v) is 11.0. The van der Waals surface area contributed by atoms with Crippen molar-refractivity contribution in [3.05, 3.63) is 48.8 Å². The van der Waals surface area contributed by atoms with E-state index in [1.807, 2.05) is 36.5 Å². The van der Waals surface area contributed by atoms with E-state index in [1.54, 1.807) is 19.4 Å². The van der Waals surface area contributed by atoms with Gasteiger partial charge in [-0.15, -0.1) is 0 Å². The standard InChI is InChI=1S/C15H14N4O/c1-20-15-12(16)5-6-14(19-15)18-13-4-2-3-10-9-17-8-7-11(10)13/h2-9H,16H2,1H3,(H,18,19). The predicted octanol–water partition coefficient (Wildman–Crippen LogP) is 2.96. The molecule has 20 heavy (non-hydrogen) atoms. The largest absolute Gasteiger partial charge is 0.479 e. The number of nitrogens with zero attached hydrogens (tertiary/aromatic N) is 2. The maximum atomic E-state index is 5.76. The lowest BCUT2D eigenvalue weighted by molar-refractivity contribution is 0.401. The minimum Gasteiger partial charge on any atom is -0.479 e. The number of fused-ring (bicyclic) bond motifs is 1. The number of hydrogen-bond acceptors (Lipinski definition) is 5. The van der Waals surface area contributed by atoms with Gasteiger partial charge in [-0.2, -0.15) is 4.98 Å². The maximum absolute atomic E-state index is 5.76. The van der Waals surface area contributed by atoms with E-state index in [9.17, 15) is 0 Å². The van der Waals surface area contributed by atoms with Crippen molar-refractivity contribution in [3.8, 4) is 5.88 Å². The number of pyridine rings is 2. The van der Waals surface area contributed by atoms with Crippen molar-refractivity contribution in [2.75, 3.05) is 18.2 Å². The third kappa shape index (κ3) is 2.21. The summed E-state index contributed by atoms with van der Waals surface area (Å²) in [5.41, 5.74) is 7.24. The van der Waals surface area contributed by atoms with Gasteiger partial charge in [-0.25, -0.2) is 0 Å². The molecule has 0 aliphatic rings. The highest BCUT2D eigenvalue weighted by atomic mass is 16.5. The van der Waals surface area contributed by atoms with Gasteiger partial charge in [-0.05, 0) is 24.3 Å². The van der Waals surface area contributed by atoms with Crippen molar-refractivity contribution in [3.63, 3.8) is 0 Å². The fourth-order valence-electron chi connectivity index (χ4n) is 2.05. The van der Waals surface area contributed by atoms with Crippen molar-refractivity contribution in [1.29, 1.82) is 0 Å². The lowest BCUT2D eigenvalue weighted by Crippen LogP contribution is -1.99. The van der Waals surface area contributed by atoms with Crippen LogP contribution in [0.25, 0.3) is 10.8 Å². The predicted molar refractivity (Wildman–Crippen MR) is 80.2 cm³/mol. The number of ether oxygens (including phenoxy) is 1. The molecule has 100 valence electrons. The topological polar surface area (TPSA) is 73.1 Å². The summed E-state index contributed by atoms with van der Waals surface area (Å²) in [5, 5.41) is 5.43. The van der Waals surface area contributed by atoms with Crippen LogP contribution in [-0.4, -0.2) is 17.1 Å². The summed E-state index contributed by atoms with van der Waals surface area (Å²) in [6, 6.07) is 11.5.